The Morgan fingerprint density at radius 1 is 0.967 bits per heavy atom. The van der Waals surface area contributed by atoms with Crippen LogP contribution in [0.4, 0.5) is 4.39 Å². The Balaban J connectivity index is 1.59. The van der Waals surface area contributed by atoms with Gasteiger partial charge in [0.05, 0.1) is 19.7 Å². The highest BCUT2D eigenvalue weighted by atomic mass is 19.1. The van der Waals surface area contributed by atoms with Gasteiger partial charge in [-0.05, 0) is 42.4 Å². The fraction of sp³-hybridized carbons (Fsp3) is 0.167. The van der Waals surface area contributed by atoms with Gasteiger partial charge in [0.2, 0.25) is 11.7 Å². The minimum Gasteiger partial charge on any atom is -0.497 e. The maximum absolute atomic E-state index is 13.5. The lowest BCUT2D eigenvalue weighted by atomic mass is 9.97. The highest BCUT2D eigenvalue weighted by Crippen LogP contribution is 2.29. The lowest BCUT2D eigenvalue weighted by Crippen LogP contribution is -2.25. The van der Waals surface area contributed by atoms with Gasteiger partial charge in [0.1, 0.15) is 11.6 Å². The first-order valence-corrected chi connectivity index (χ1v) is 9.61. The number of halogens is 1. The third-order valence-electron chi connectivity index (χ3n) is 4.92. The van der Waals surface area contributed by atoms with Crippen LogP contribution in [-0.4, -0.2) is 29.2 Å². The number of hydrogen-bond donors (Lipinski definition) is 0. The number of aromatic nitrogens is 2. The van der Waals surface area contributed by atoms with Gasteiger partial charge in [-0.3, -0.25) is 4.90 Å². The monoisotopic (exact) mass is 403 g/mol. The van der Waals surface area contributed by atoms with Crippen LogP contribution in [-0.2, 0) is 6.54 Å². The van der Waals surface area contributed by atoms with Gasteiger partial charge in [-0.15, -0.1) is 0 Å². The molecule has 0 bridgehead atoms. The fourth-order valence-electron chi connectivity index (χ4n) is 3.48. The summed E-state index contributed by atoms with van der Waals surface area (Å²) in [7, 11) is 3.60. The molecule has 1 heterocycles. The Morgan fingerprint density at radius 2 is 1.70 bits per heavy atom. The maximum atomic E-state index is 13.5. The first kappa shape index (κ1) is 19.8. The summed E-state index contributed by atoms with van der Waals surface area (Å²) in [6.45, 7) is 0.438. The van der Waals surface area contributed by atoms with E-state index in [2.05, 4.69) is 27.2 Å². The van der Waals surface area contributed by atoms with Crippen molar-refractivity contribution in [1.29, 1.82) is 0 Å². The van der Waals surface area contributed by atoms with Crippen LogP contribution < -0.4 is 4.74 Å². The van der Waals surface area contributed by atoms with E-state index in [1.54, 1.807) is 19.2 Å². The van der Waals surface area contributed by atoms with Gasteiger partial charge in [0.25, 0.3) is 0 Å². The molecule has 0 N–H and O–H groups in total. The molecular weight excluding hydrogens is 381 g/mol. The van der Waals surface area contributed by atoms with Crippen molar-refractivity contribution < 1.29 is 13.7 Å². The number of methoxy groups -OCH3 is 1. The second-order valence-corrected chi connectivity index (χ2v) is 7.02. The average molecular weight is 403 g/mol. The summed E-state index contributed by atoms with van der Waals surface area (Å²) >= 11 is 0. The van der Waals surface area contributed by atoms with Crippen molar-refractivity contribution in [1.82, 2.24) is 15.0 Å². The van der Waals surface area contributed by atoms with Crippen molar-refractivity contribution in [2.24, 2.45) is 0 Å². The van der Waals surface area contributed by atoms with Crippen LogP contribution in [0.5, 0.6) is 5.75 Å². The second kappa shape index (κ2) is 8.88. The second-order valence-electron chi connectivity index (χ2n) is 7.02. The molecule has 4 aromatic rings. The molecule has 6 heteroatoms. The smallest absolute Gasteiger partial charge is 0.241 e. The van der Waals surface area contributed by atoms with Gasteiger partial charge in [-0.2, -0.15) is 4.98 Å². The lowest BCUT2D eigenvalue weighted by Gasteiger charge is -2.27. The molecule has 0 radical (unpaired) electrons. The molecule has 1 atom stereocenters. The molecule has 0 fully saturated rings. The van der Waals surface area contributed by atoms with Gasteiger partial charge in [0.15, 0.2) is 0 Å². The number of hydrogen-bond acceptors (Lipinski definition) is 5. The molecule has 1 unspecified atom stereocenters. The first-order chi connectivity index (χ1) is 14.6. The van der Waals surface area contributed by atoms with Crippen LogP contribution in [0.1, 0.15) is 23.1 Å². The lowest BCUT2D eigenvalue weighted by molar-refractivity contribution is 0.229. The molecule has 1 aromatic heterocycles. The van der Waals surface area contributed by atoms with Crippen molar-refractivity contribution in [3.63, 3.8) is 0 Å². The quantitative estimate of drug-likeness (QED) is 0.429. The van der Waals surface area contributed by atoms with E-state index < -0.39 is 0 Å². The predicted molar refractivity (Wildman–Crippen MR) is 112 cm³/mol. The van der Waals surface area contributed by atoms with Crippen LogP contribution in [0.25, 0.3) is 11.4 Å². The molecule has 3 aromatic carbocycles. The van der Waals surface area contributed by atoms with Gasteiger partial charge in [0, 0.05) is 5.56 Å². The van der Waals surface area contributed by atoms with E-state index in [4.69, 9.17) is 9.26 Å². The first-order valence-electron chi connectivity index (χ1n) is 9.61. The number of nitrogens with zero attached hydrogens (tertiary/aromatic N) is 3. The molecule has 5 nitrogen and oxygen atoms in total. The zero-order chi connectivity index (χ0) is 20.9. The predicted octanol–water partition coefficient (Wildman–Crippen LogP) is 5.11. The van der Waals surface area contributed by atoms with E-state index in [1.165, 1.54) is 12.1 Å². The minimum atomic E-state index is -0.256. The van der Waals surface area contributed by atoms with Crippen LogP contribution in [0, 0.1) is 5.82 Å². The summed E-state index contributed by atoms with van der Waals surface area (Å²) in [6.07, 6.45) is 0. The summed E-state index contributed by atoms with van der Waals surface area (Å²) in [5, 5.41) is 4.11. The summed E-state index contributed by atoms with van der Waals surface area (Å²) in [5.41, 5.74) is 2.90. The topological polar surface area (TPSA) is 51.4 Å². The molecule has 152 valence electrons. The van der Waals surface area contributed by atoms with Crippen molar-refractivity contribution in [3.8, 4) is 17.1 Å². The van der Waals surface area contributed by atoms with E-state index in [9.17, 15) is 4.39 Å². The van der Waals surface area contributed by atoms with Gasteiger partial charge in [-0.1, -0.05) is 59.8 Å². The molecule has 0 aliphatic carbocycles. The standard InChI is InChI=1S/C24H22FN3O2/c1-28(16-22-26-24(27-30-22)19-9-6-10-21(15-19)29-2)23(17-7-4-3-5-8-17)18-11-13-20(25)14-12-18/h3-15,23H,16H2,1-2H3. The molecular formula is C24H22FN3O2. The summed E-state index contributed by atoms with van der Waals surface area (Å²) in [6, 6.07) is 24.1. The van der Waals surface area contributed by atoms with E-state index in [1.807, 2.05) is 49.5 Å². The number of rotatable bonds is 7. The van der Waals surface area contributed by atoms with Gasteiger partial charge in [-0.25, -0.2) is 4.39 Å². The van der Waals surface area contributed by atoms with Crippen LogP contribution >= 0.6 is 0 Å². The van der Waals surface area contributed by atoms with E-state index in [0.29, 0.717) is 18.3 Å². The summed E-state index contributed by atoms with van der Waals surface area (Å²) < 4.78 is 24.2. The van der Waals surface area contributed by atoms with Crippen LogP contribution in [0.15, 0.2) is 83.4 Å². The van der Waals surface area contributed by atoms with E-state index in [0.717, 1.165) is 22.4 Å². The Kier molecular flexibility index (Phi) is 5.86. The highest BCUT2D eigenvalue weighted by Gasteiger charge is 2.22. The van der Waals surface area contributed by atoms with Crippen molar-refractivity contribution in [2.45, 2.75) is 12.6 Å². The zero-order valence-electron chi connectivity index (χ0n) is 16.8. The fourth-order valence-corrected chi connectivity index (χ4v) is 3.48. The van der Waals surface area contributed by atoms with Gasteiger partial charge < -0.3 is 9.26 Å². The minimum absolute atomic E-state index is 0.0843. The SMILES string of the molecule is COc1cccc(-c2noc(CN(C)C(c3ccccc3)c3ccc(F)cc3)n2)c1. The van der Waals surface area contributed by atoms with E-state index >= 15 is 0 Å². The van der Waals surface area contributed by atoms with Crippen molar-refractivity contribution in [2.75, 3.05) is 14.2 Å². The molecule has 0 saturated heterocycles. The third-order valence-corrected chi connectivity index (χ3v) is 4.92. The Hall–Kier alpha value is -3.51. The summed E-state index contributed by atoms with van der Waals surface area (Å²) in [4.78, 5) is 6.65. The summed E-state index contributed by atoms with van der Waals surface area (Å²) in [5.74, 6) is 1.48. The van der Waals surface area contributed by atoms with E-state index in [-0.39, 0.29) is 11.9 Å². The molecule has 0 aliphatic heterocycles. The normalized spacial score (nSPS) is 12.1. The Morgan fingerprint density at radius 3 is 2.43 bits per heavy atom. The third kappa shape index (κ3) is 4.39. The largest absolute Gasteiger partial charge is 0.497 e. The molecule has 0 amide bonds. The maximum Gasteiger partial charge on any atom is 0.241 e. The molecule has 30 heavy (non-hydrogen) atoms. The van der Waals surface area contributed by atoms with Crippen molar-refractivity contribution >= 4 is 0 Å². The zero-order valence-corrected chi connectivity index (χ0v) is 16.8. The molecule has 0 aliphatic rings. The molecule has 0 saturated carbocycles. The number of benzene rings is 3. The Bertz CT molecular complexity index is 1100. The van der Waals surface area contributed by atoms with Crippen LogP contribution in [0.3, 0.4) is 0 Å². The highest BCUT2D eigenvalue weighted by molar-refractivity contribution is 5.56. The van der Waals surface area contributed by atoms with Crippen molar-refractivity contribution in [3.05, 3.63) is 102 Å². The molecule has 4 rings (SSSR count). The average Bonchev–Trinajstić information content (AvgIpc) is 3.24. The van der Waals surface area contributed by atoms with Crippen LogP contribution in [0.2, 0.25) is 0 Å². The van der Waals surface area contributed by atoms with Gasteiger partial charge >= 0.3 is 0 Å². The number of ether oxygens (including phenoxy) is 1. The Labute approximate surface area is 174 Å². The molecule has 0 spiro atoms.